The van der Waals surface area contributed by atoms with Gasteiger partial charge in [0.2, 0.25) is 5.91 Å². The Morgan fingerprint density at radius 3 is 2.43 bits per heavy atom. The van der Waals surface area contributed by atoms with Crippen LogP contribution >= 0.6 is 0 Å². The number of benzene rings is 2. The average molecular weight is 412 g/mol. The van der Waals surface area contributed by atoms with E-state index in [0.29, 0.717) is 35.0 Å². The summed E-state index contributed by atoms with van der Waals surface area (Å²) in [5, 5.41) is 8.03. The highest BCUT2D eigenvalue weighted by molar-refractivity contribution is 6.02. The summed E-state index contributed by atoms with van der Waals surface area (Å²) in [6.45, 7) is 2.07. The van der Waals surface area contributed by atoms with E-state index in [1.807, 2.05) is 6.92 Å². The maximum absolute atomic E-state index is 12.2. The van der Waals surface area contributed by atoms with Crippen molar-refractivity contribution in [3.63, 3.8) is 0 Å². The van der Waals surface area contributed by atoms with Crippen LogP contribution in [0.25, 0.3) is 6.08 Å². The number of hydrogen-bond donors (Lipinski definition) is 4. The molecule has 0 aliphatic heterocycles. The van der Waals surface area contributed by atoms with E-state index in [2.05, 4.69) is 16.0 Å². The second kappa shape index (κ2) is 11.1. The molecule has 0 saturated heterocycles. The number of carbonyl (C=O) groups excluding carboxylic acids is 3. The Hall–Kier alpha value is -4.01. The second-order valence-corrected chi connectivity index (χ2v) is 6.05. The lowest BCUT2D eigenvalue weighted by Gasteiger charge is -2.10. The number of nitrogens with two attached hydrogens (primary N) is 1. The molecule has 2 aromatic carbocycles. The Bertz CT molecular complexity index is 943. The highest BCUT2D eigenvalue weighted by Crippen LogP contribution is 2.28. The molecular weight excluding hydrogens is 388 g/mol. The number of hydrogen-bond acceptors (Lipinski definition) is 5. The van der Waals surface area contributed by atoms with E-state index < -0.39 is 5.91 Å². The van der Waals surface area contributed by atoms with Gasteiger partial charge in [0.05, 0.1) is 7.11 Å². The zero-order chi connectivity index (χ0) is 21.9. The van der Waals surface area contributed by atoms with Crippen molar-refractivity contribution in [1.82, 2.24) is 5.32 Å². The molecule has 2 rings (SSSR count). The van der Waals surface area contributed by atoms with Gasteiger partial charge >= 0.3 is 6.03 Å². The third kappa shape index (κ3) is 7.19. The minimum atomic E-state index is -0.594. The molecule has 0 aliphatic rings. The molecule has 4 amide bonds. The van der Waals surface area contributed by atoms with E-state index in [1.54, 1.807) is 48.5 Å². The van der Waals surface area contributed by atoms with Crippen molar-refractivity contribution in [3.05, 3.63) is 54.1 Å². The fourth-order valence-corrected chi connectivity index (χ4v) is 2.42. The van der Waals surface area contributed by atoms with Gasteiger partial charge in [0.1, 0.15) is 0 Å². The van der Waals surface area contributed by atoms with E-state index in [9.17, 15) is 14.4 Å². The molecule has 2 aromatic rings. The minimum absolute atomic E-state index is 0.262. The molecule has 0 saturated carbocycles. The molecule has 0 aromatic heterocycles. The third-order valence-electron chi connectivity index (χ3n) is 3.71. The molecule has 0 atom stereocenters. The normalized spacial score (nSPS) is 10.3. The Morgan fingerprint density at radius 2 is 1.77 bits per heavy atom. The van der Waals surface area contributed by atoms with Crippen LogP contribution in [0.2, 0.25) is 0 Å². The lowest BCUT2D eigenvalue weighted by Crippen LogP contribution is -2.28. The van der Waals surface area contributed by atoms with Crippen molar-refractivity contribution in [2.24, 2.45) is 5.73 Å². The summed E-state index contributed by atoms with van der Waals surface area (Å²) in [5.41, 5.74) is 6.85. The maximum Gasteiger partial charge on any atom is 0.319 e. The topological polar surface area (TPSA) is 132 Å². The first-order valence-electron chi connectivity index (χ1n) is 9.14. The summed E-state index contributed by atoms with van der Waals surface area (Å²) in [5.74, 6) is -0.168. The van der Waals surface area contributed by atoms with E-state index in [-0.39, 0.29) is 18.5 Å². The van der Waals surface area contributed by atoms with E-state index in [1.165, 1.54) is 13.2 Å². The first kappa shape index (κ1) is 22.3. The van der Waals surface area contributed by atoms with E-state index in [0.717, 1.165) is 0 Å². The molecule has 9 heteroatoms. The molecule has 9 nitrogen and oxygen atoms in total. The molecule has 0 heterocycles. The highest BCUT2D eigenvalue weighted by Gasteiger charge is 2.07. The summed E-state index contributed by atoms with van der Waals surface area (Å²) < 4.78 is 10.5. The van der Waals surface area contributed by atoms with Crippen LogP contribution in [0.3, 0.4) is 0 Å². The lowest BCUT2D eigenvalue weighted by molar-refractivity contribution is -0.120. The number of methoxy groups -OCH3 is 1. The van der Waals surface area contributed by atoms with Crippen LogP contribution in [0.15, 0.2) is 48.5 Å². The summed E-state index contributed by atoms with van der Waals surface area (Å²) in [6, 6.07) is 11.5. The van der Waals surface area contributed by atoms with Gasteiger partial charge in [-0.15, -0.1) is 0 Å². The van der Waals surface area contributed by atoms with Gasteiger partial charge in [0, 0.05) is 24.0 Å². The van der Waals surface area contributed by atoms with Crippen molar-refractivity contribution in [3.8, 4) is 11.5 Å². The predicted octanol–water partition coefficient (Wildman–Crippen LogP) is 2.35. The number of urea groups is 1. The maximum atomic E-state index is 12.2. The van der Waals surface area contributed by atoms with Crippen molar-refractivity contribution in [2.75, 3.05) is 30.9 Å². The monoisotopic (exact) mass is 412 g/mol. The Morgan fingerprint density at radius 1 is 1.03 bits per heavy atom. The van der Waals surface area contributed by atoms with Crippen molar-refractivity contribution in [2.45, 2.75) is 6.92 Å². The fraction of sp³-hybridized carbons (Fsp3) is 0.190. The van der Waals surface area contributed by atoms with Gasteiger partial charge in [0.15, 0.2) is 18.1 Å². The zero-order valence-electron chi connectivity index (χ0n) is 16.7. The standard InChI is InChI=1S/C21H24N4O5/c1-3-23-21(28)25-16-6-4-5-15(12-16)24-20(27)10-8-14-7-9-17(18(11-14)29-2)30-13-19(22)26/h4-12H,3,13H2,1-2H3,(H2,22,26)(H,24,27)(H2,23,25,28)/b10-8+. The molecule has 0 fully saturated rings. The second-order valence-electron chi connectivity index (χ2n) is 6.05. The van der Waals surface area contributed by atoms with Gasteiger partial charge in [0.25, 0.3) is 5.91 Å². The van der Waals surface area contributed by atoms with Crippen LogP contribution in [-0.2, 0) is 9.59 Å². The number of carbonyl (C=O) groups is 3. The Kier molecular flexibility index (Phi) is 8.25. The number of nitrogens with one attached hydrogen (secondary N) is 3. The minimum Gasteiger partial charge on any atom is -0.493 e. The number of primary amides is 1. The number of rotatable bonds is 9. The molecular formula is C21H24N4O5. The lowest BCUT2D eigenvalue weighted by atomic mass is 10.2. The van der Waals surface area contributed by atoms with Crippen LogP contribution in [-0.4, -0.2) is 38.1 Å². The quantitative estimate of drug-likeness (QED) is 0.470. The first-order valence-corrected chi connectivity index (χ1v) is 9.14. The third-order valence-corrected chi connectivity index (χ3v) is 3.71. The van der Waals surface area contributed by atoms with Gasteiger partial charge in [-0.05, 0) is 48.9 Å². The molecule has 0 unspecified atom stereocenters. The number of ether oxygens (including phenoxy) is 2. The molecule has 158 valence electrons. The van der Waals surface area contributed by atoms with Crippen LogP contribution < -0.4 is 31.2 Å². The zero-order valence-corrected chi connectivity index (χ0v) is 16.7. The van der Waals surface area contributed by atoms with Crippen LogP contribution in [0.4, 0.5) is 16.2 Å². The van der Waals surface area contributed by atoms with Gasteiger partial charge < -0.3 is 31.2 Å². The Labute approximate surface area is 174 Å². The van der Waals surface area contributed by atoms with E-state index in [4.69, 9.17) is 15.2 Å². The largest absolute Gasteiger partial charge is 0.493 e. The Balaban J connectivity index is 2.00. The van der Waals surface area contributed by atoms with Crippen LogP contribution in [0, 0.1) is 0 Å². The van der Waals surface area contributed by atoms with E-state index >= 15 is 0 Å². The summed E-state index contributed by atoms with van der Waals surface area (Å²) >= 11 is 0. The number of anilines is 2. The molecule has 0 spiro atoms. The molecule has 5 N–H and O–H groups in total. The van der Waals surface area contributed by atoms with Gasteiger partial charge in [-0.2, -0.15) is 0 Å². The molecule has 0 radical (unpaired) electrons. The summed E-state index contributed by atoms with van der Waals surface area (Å²) in [4.78, 5) is 34.7. The van der Waals surface area contributed by atoms with Crippen molar-refractivity contribution >= 4 is 35.3 Å². The molecule has 0 bridgehead atoms. The van der Waals surface area contributed by atoms with Gasteiger partial charge in [-0.25, -0.2) is 4.79 Å². The fourth-order valence-electron chi connectivity index (χ4n) is 2.42. The first-order chi connectivity index (χ1) is 14.4. The average Bonchev–Trinajstić information content (AvgIpc) is 2.71. The highest BCUT2D eigenvalue weighted by atomic mass is 16.5. The van der Waals surface area contributed by atoms with Crippen LogP contribution in [0.1, 0.15) is 12.5 Å². The molecule has 0 aliphatic carbocycles. The summed E-state index contributed by atoms with van der Waals surface area (Å²) in [6.07, 6.45) is 2.97. The predicted molar refractivity (Wildman–Crippen MR) is 114 cm³/mol. The van der Waals surface area contributed by atoms with Crippen LogP contribution in [0.5, 0.6) is 11.5 Å². The molecule has 30 heavy (non-hydrogen) atoms. The van der Waals surface area contributed by atoms with Crippen molar-refractivity contribution in [1.29, 1.82) is 0 Å². The van der Waals surface area contributed by atoms with Gasteiger partial charge in [-0.3, -0.25) is 9.59 Å². The number of amides is 4. The van der Waals surface area contributed by atoms with Crippen molar-refractivity contribution < 1.29 is 23.9 Å². The summed E-state index contributed by atoms with van der Waals surface area (Å²) in [7, 11) is 1.47. The smallest absolute Gasteiger partial charge is 0.319 e. The SMILES string of the molecule is CCNC(=O)Nc1cccc(NC(=O)/C=C/c2ccc(OCC(N)=O)c(OC)c2)c1. The van der Waals surface area contributed by atoms with Gasteiger partial charge in [-0.1, -0.05) is 12.1 Å².